The van der Waals surface area contributed by atoms with E-state index in [1.165, 1.54) is 16.9 Å². The minimum absolute atomic E-state index is 0.196. The largest absolute Gasteiger partial charge is 0.480 e. The van der Waals surface area contributed by atoms with Crippen LogP contribution in [0.15, 0.2) is 72.9 Å². The van der Waals surface area contributed by atoms with Crippen molar-refractivity contribution < 1.29 is 19.5 Å². The summed E-state index contributed by atoms with van der Waals surface area (Å²) in [5, 5.41) is 18.1. The molecule has 3 N–H and O–H groups in total. The quantitative estimate of drug-likeness (QED) is 0.582. The molecule has 0 aliphatic heterocycles. The second kappa shape index (κ2) is 8.63. The number of carboxylic acids is 1. The van der Waals surface area contributed by atoms with E-state index in [4.69, 9.17) is 5.11 Å². The Hall–Kier alpha value is -3.94. The lowest BCUT2D eigenvalue weighted by molar-refractivity contribution is -0.137. The van der Waals surface area contributed by atoms with Crippen molar-refractivity contribution >= 4 is 23.6 Å². The van der Waals surface area contributed by atoms with Crippen molar-refractivity contribution in [2.24, 2.45) is 0 Å². The fourth-order valence-corrected chi connectivity index (χ4v) is 2.60. The van der Waals surface area contributed by atoms with E-state index in [-0.39, 0.29) is 18.3 Å². The zero-order valence-electron chi connectivity index (χ0n) is 14.8. The fraction of sp³-hybridized carbons (Fsp3) is 0.100. The number of amides is 2. The van der Waals surface area contributed by atoms with Gasteiger partial charge in [-0.15, -0.1) is 0 Å². The molecular formula is C20H18N4O4. The van der Waals surface area contributed by atoms with Crippen LogP contribution in [0, 0.1) is 0 Å². The number of rotatable bonds is 7. The van der Waals surface area contributed by atoms with Crippen molar-refractivity contribution in [3.8, 4) is 0 Å². The van der Waals surface area contributed by atoms with Gasteiger partial charge in [0.05, 0.1) is 0 Å². The molecule has 0 aliphatic carbocycles. The van der Waals surface area contributed by atoms with Crippen LogP contribution in [0.5, 0.6) is 0 Å². The molecule has 1 unspecified atom stereocenters. The number of hydrogen-bond donors (Lipinski definition) is 3. The van der Waals surface area contributed by atoms with Gasteiger partial charge in [-0.25, -0.2) is 0 Å². The molecule has 1 aromatic heterocycles. The Morgan fingerprint density at radius 1 is 0.964 bits per heavy atom. The van der Waals surface area contributed by atoms with E-state index in [1.54, 1.807) is 54.6 Å². The standard InChI is InChI=1S/C20H18N4O4/c25-17(26)13-24-12-11-16(23-24)21-20(28)18(14-7-3-1-4-8-14)22-19(27)15-9-5-2-6-10-15/h1-12,18H,13H2,(H,22,27)(H,25,26)(H,21,23,28). The summed E-state index contributed by atoms with van der Waals surface area (Å²) >= 11 is 0. The van der Waals surface area contributed by atoms with E-state index < -0.39 is 17.9 Å². The van der Waals surface area contributed by atoms with Crippen LogP contribution in [0.1, 0.15) is 22.0 Å². The second-order valence-electron chi connectivity index (χ2n) is 5.96. The Bertz CT molecular complexity index is 970. The van der Waals surface area contributed by atoms with E-state index >= 15 is 0 Å². The Morgan fingerprint density at radius 3 is 2.25 bits per heavy atom. The van der Waals surface area contributed by atoms with Gasteiger partial charge in [-0.05, 0) is 17.7 Å². The molecule has 1 atom stereocenters. The third-order valence-electron chi connectivity index (χ3n) is 3.90. The van der Waals surface area contributed by atoms with Crippen LogP contribution in [0.25, 0.3) is 0 Å². The van der Waals surface area contributed by atoms with E-state index in [1.807, 2.05) is 6.07 Å². The molecule has 2 amide bonds. The molecule has 0 saturated carbocycles. The van der Waals surface area contributed by atoms with E-state index in [9.17, 15) is 14.4 Å². The van der Waals surface area contributed by atoms with Crippen LogP contribution in [0.3, 0.4) is 0 Å². The maximum atomic E-state index is 12.8. The van der Waals surface area contributed by atoms with E-state index in [0.29, 0.717) is 11.1 Å². The Morgan fingerprint density at radius 2 is 1.61 bits per heavy atom. The van der Waals surface area contributed by atoms with Crippen molar-refractivity contribution in [2.45, 2.75) is 12.6 Å². The van der Waals surface area contributed by atoms with Crippen molar-refractivity contribution in [1.29, 1.82) is 0 Å². The molecule has 0 aliphatic rings. The van der Waals surface area contributed by atoms with E-state index in [0.717, 1.165) is 0 Å². The van der Waals surface area contributed by atoms with Gasteiger partial charge in [0, 0.05) is 17.8 Å². The van der Waals surface area contributed by atoms with Gasteiger partial charge in [-0.1, -0.05) is 48.5 Å². The molecule has 0 radical (unpaired) electrons. The number of carboxylic acid groups (broad SMARTS) is 1. The highest BCUT2D eigenvalue weighted by atomic mass is 16.4. The highest BCUT2D eigenvalue weighted by Gasteiger charge is 2.24. The van der Waals surface area contributed by atoms with Crippen LogP contribution in [0.2, 0.25) is 0 Å². The zero-order valence-corrected chi connectivity index (χ0v) is 14.8. The van der Waals surface area contributed by atoms with Crippen LogP contribution < -0.4 is 10.6 Å². The lowest BCUT2D eigenvalue weighted by Gasteiger charge is -2.18. The van der Waals surface area contributed by atoms with Gasteiger partial charge >= 0.3 is 5.97 Å². The minimum Gasteiger partial charge on any atom is -0.480 e. The third-order valence-corrected chi connectivity index (χ3v) is 3.90. The first-order valence-electron chi connectivity index (χ1n) is 8.50. The highest BCUT2D eigenvalue weighted by Crippen LogP contribution is 2.16. The normalized spacial score (nSPS) is 11.4. The van der Waals surface area contributed by atoms with Gasteiger partial charge in [0.15, 0.2) is 5.82 Å². The molecule has 1 heterocycles. The van der Waals surface area contributed by atoms with Gasteiger partial charge in [0.2, 0.25) is 0 Å². The predicted molar refractivity (Wildman–Crippen MR) is 102 cm³/mol. The topological polar surface area (TPSA) is 113 Å². The summed E-state index contributed by atoms with van der Waals surface area (Å²) in [5.41, 5.74) is 1.04. The van der Waals surface area contributed by atoms with Crippen LogP contribution in [-0.2, 0) is 16.1 Å². The van der Waals surface area contributed by atoms with Crippen LogP contribution >= 0.6 is 0 Å². The first-order chi connectivity index (χ1) is 13.5. The summed E-state index contributed by atoms with van der Waals surface area (Å²) in [6.07, 6.45) is 1.45. The molecule has 0 saturated heterocycles. The highest BCUT2D eigenvalue weighted by molar-refractivity contribution is 6.01. The molecule has 0 spiro atoms. The monoisotopic (exact) mass is 378 g/mol. The number of nitrogens with zero attached hydrogens (tertiary/aromatic N) is 2. The molecule has 0 fully saturated rings. The number of aliphatic carboxylic acids is 1. The average Bonchev–Trinajstić information content (AvgIpc) is 3.13. The van der Waals surface area contributed by atoms with Crippen LogP contribution in [-0.4, -0.2) is 32.7 Å². The van der Waals surface area contributed by atoms with Gasteiger partial charge in [0.1, 0.15) is 12.6 Å². The third kappa shape index (κ3) is 4.82. The van der Waals surface area contributed by atoms with Crippen molar-refractivity contribution in [3.05, 3.63) is 84.1 Å². The molecule has 0 bridgehead atoms. The molecular weight excluding hydrogens is 360 g/mol. The molecule has 2 aromatic carbocycles. The van der Waals surface area contributed by atoms with Crippen molar-refractivity contribution in [2.75, 3.05) is 5.32 Å². The smallest absolute Gasteiger partial charge is 0.325 e. The summed E-state index contributed by atoms with van der Waals surface area (Å²) in [6, 6.07) is 17.9. The molecule has 3 aromatic rings. The summed E-state index contributed by atoms with van der Waals surface area (Å²) in [6.45, 7) is -0.317. The molecule has 8 heteroatoms. The van der Waals surface area contributed by atoms with Gasteiger partial charge in [-0.2, -0.15) is 5.10 Å². The molecule has 28 heavy (non-hydrogen) atoms. The number of carbonyl (C=O) groups is 3. The fourth-order valence-electron chi connectivity index (χ4n) is 2.60. The predicted octanol–water partition coefficient (Wildman–Crippen LogP) is 2.08. The minimum atomic E-state index is -1.04. The lowest BCUT2D eigenvalue weighted by Crippen LogP contribution is -2.37. The average molecular weight is 378 g/mol. The van der Waals surface area contributed by atoms with Crippen LogP contribution in [0.4, 0.5) is 5.82 Å². The number of aromatic nitrogens is 2. The number of benzene rings is 2. The first-order valence-corrected chi connectivity index (χ1v) is 8.50. The number of carbonyl (C=O) groups excluding carboxylic acids is 2. The maximum absolute atomic E-state index is 12.8. The van der Waals surface area contributed by atoms with Crippen molar-refractivity contribution in [1.82, 2.24) is 15.1 Å². The number of nitrogens with one attached hydrogen (secondary N) is 2. The SMILES string of the molecule is O=C(O)Cn1ccc(NC(=O)C(NC(=O)c2ccccc2)c2ccccc2)n1. The molecule has 142 valence electrons. The summed E-state index contributed by atoms with van der Waals surface area (Å²) in [4.78, 5) is 36.1. The second-order valence-corrected chi connectivity index (χ2v) is 5.96. The summed E-state index contributed by atoms with van der Waals surface area (Å²) in [7, 11) is 0. The van der Waals surface area contributed by atoms with E-state index in [2.05, 4.69) is 15.7 Å². The zero-order chi connectivity index (χ0) is 19.9. The van der Waals surface area contributed by atoms with Gasteiger partial charge < -0.3 is 15.7 Å². The molecule has 3 rings (SSSR count). The summed E-state index contributed by atoms with van der Waals surface area (Å²) < 4.78 is 1.19. The maximum Gasteiger partial charge on any atom is 0.325 e. The Kier molecular flexibility index (Phi) is 5.81. The number of hydrogen-bond acceptors (Lipinski definition) is 4. The first kappa shape index (κ1) is 18.8. The lowest BCUT2D eigenvalue weighted by atomic mass is 10.1. The Labute approximate surface area is 160 Å². The summed E-state index contributed by atoms with van der Waals surface area (Å²) in [5.74, 6) is -1.73. The number of anilines is 1. The van der Waals surface area contributed by atoms with Crippen molar-refractivity contribution in [3.63, 3.8) is 0 Å². The Balaban J connectivity index is 1.78. The van der Waals surface area contributed by atoms with Gasteiger partial charge in [0.25, 0.3) is 11.8 Å². The van der Waals surface area contributed by atoms with Gasteiger partial charge in [-0.3, -0.25) is 19.1 Å². The molecule has 8 nitrogen and oxygen atoms in total.